The van der Waals surface area contributed by atoms with Gasteiger partial charge in [-0.2, -0.15) is 5.26 Å². The molecule has 1 atom stereocenters. The van der Waals surface area contributed by atoms with Crippen LogP contribution in [-0.2, 0) is 9.59 Å². The van der Waals surface area contributed by atoms with Crippen LogP contribution in [0.1, 0.15) is 26.7 Å². The van der Waals surface area contributed by atoms with Crippen molar-refractivity contribution >= 4 is 11.8 Å². The summed E-state index contributed by atoms with van der Waals surface area (Å²) < 4.78 is 0. The third-order valence-corrected chi connectivity index (χ3v) is 2.34. The van der Waals surface area contributed by atoms with E-state index in [9.17, 15) is 9.59 Å². The number of nitrogens with one attached hydrogen (secondary N) is 1. The average molecular weight is 225 g/mol. The molecule has 1 unspecified atom stereocenters. The molecular formula is C11H19N3O2. The number of hydrogen-bond donors (Lipinski definition) is 1. The zero-order valence-electron chi connectivity index (χ0n) is 10.1. The van der Waals surface area contributed by atoms with Crippen LogP contribution < -0.4 is 5.32 Å². The summed E-state index contributed by atoms with van der Waals surface area (Å²) in [4.78, 5) is 24.4. The van der Waals surface area contributed by atoms with Gasteiger partial charge in [-0.05, 0) is 13.3 Å². The van der Waals surface area contributed by atoms with E-state index in [4.69, 9.17) is 5.26 Å². The van der Waals surface area contributed by atoms with E-state index >= 15 is 0 Å². The normalized spacial score (nSPS) is 11.4. The molecule has 0 aromatic heterocycles. The van der Waals surface area contributed by atoms with Crippen molar-refractivity contribution in [3.05, 3.63) is 0 Å². The van der Waals surface area contributed by atoms with E-state index < -0.39 is 5.92 Å². The van der Waals surface area contributed by atoms with Crippen LogP contribution >= 0.6 is 0 Å². The highest BCUT2D eigenvalue weighted by molar-refractivity contribution is 5.86. The summed E-state index contributed by atoms with van der Waals surface area (Å²) in [6.45, 7) is 4.18. The minimum atomic E-state index is -0.630. The van der Waals surface area contributed by atoms with Gasteiger partial charge in [0.1, 0.15) is 5.92 Å². The number of carbonyl (C=O) groups excluding carboxylic acids is 2. The van der Waals surface area contributed by atoms with Gasteiger partial charge in [0.05, 0.1) is 12.6 Å². The molecule has 0 spiro atoms. The summed E-state index contributed by atoms with van der Waals surface area (Å²) in [7, 11) is 1.52. The lowest BCUT2D eigenvalue weighted by atomic mass is 10.0. The van der Waals surface area contributed by atoms with E-state index in [1.807, 2.05) is 13.0 Å². The van der Waals surface area contributed by atoms with Crippen molar-refractivity contribution in [1.29, 1.82) is 5.26 Å². The fraction of sp³-hybridized carbons (Fsp3) is 0.727. The van der Waals surface area contributed by atoms with Gasteiger partial charge in [0.25, 0.3) is 0 Å². The highest BCUT2D eigenvalue weighted by Crippen LogP contribution is 2.09. The monoisotopic (exact) mass is 225 g/mol. The third kappa shape index (κ3) is 4.30. The number of rotatable bonds is 6. The predicted octanol–water partition coefficient (Wildman–Crippen LogP) is 0.521. The van der Waals surface area contributed by atoms with E-state index in [0.717, 1.165) is 6.42 Å². The second-order valence-electron chi connectivity index (χ2n) is 3.50. The smallest absolute Gasteiger partial charge is 0.240 e. The Labute approximate surface area is 96.4 Å². The maximum Gasteiger partial charge on any atom is 0.240 e. The molecule has 2 amide bonds. The zero-order chi connectivity index (χ0) is 12.6. The minimum Gasteiger partial charge on any atom is -0.358 e. The van der Waals surface area contributed by atoms with Crippen LogP contribution in [0.4, 0.5) is 0 Å². The summed E-state index contributed by atoms with van der Waals surface area (Å²) in [6.07, 6.45) is 1.32. The first-order chi connectivity index (χ1) is 7.60. The number of nitriles is 1. The number of hydrogen-bond acceptors (Lipinski definition) is 3. The van der Waals surface area contributed by atoms with Crippen molar-refractivity contribution in [2.24, 2.45) is 5.92 Å². The van der Waals surface area contributed by atoms with Gasteiger partial charge in [-0.15, -0.1) is 0 Å². The Morgan fingerprint density at radius 2 is 2.06 bits per heavy atom. The van der Waals surface area contributed by atoms with Crippen molar-refractivity contribution in [3.8, 4) is 6.07 Å². The molecule has 0 aromatic carbocycles. The summed E-state index contributed by atoms with van der Waals surface area (Å²) >= 11 is 0. The van der Waals surface area contributed by atoms with Crippen LogP contribution in [-0.4, -0.2) is 36.9 Å². The van der Waals surface area contributed by atoms with Crippen LogP contribution in [0, 0.1) is 17.2 Å². The summed E-state index contributed by atoms with van der Waals surface area (Å²) in [5, 5.41) is 11.3. The van der Waals surface area contributed by atoms with Crippen LogP contribution in [0.2, 0.25) is 0 Å². The molecule has 0 rings (SSSR count). The molecule has 5 nitrogen and oxygen atoms in total. The standard InChI is InChI=1S/C11H19N3O2/c1-4-6-9(7-12)11(16)14(5-2)8-10(15)13-3/h9H,4-6,8H2,1-3H3,(H,13,15). The van der Waals surface area contributed by atoms with Crippen LogP contribution in [0.25, 0.3) is 0 Å². The average Bonchev–Trinajstić information content (AvgIpc) is 2.31. The molecule has 1 N–H and O–H groups in total. The number of amides is 2. The predicted molar refractivity (Wildman–Crippen MR) is 60.3 cm³/mol. The molecule has 5 heteroatoms. The highest BCUT2D eigenvalue weighted by Gasteiger charge is 2.23. The Balaban J connectivity index is 4.51. The van der Waals surface area contributed by atoms with Gasteiger partial charge in [0, 0.05) is 13.6 Å². The van der Waals surface area contributed by atoms with Crippen molar-refractivity contribution in [1.82, 2.24) is 10.2 Å². The van der Waals surface area contributed by atoms with Gasteiger partial charge >= 0.3 is 0 Å². The molecule has 0 heterocycles. The number of nitrogens with zero attached hydrogens (tertiary/aromatic N) is 2. The van der Waals surface area contributed by atoms with Gasteiger partial charge in [-0.25, -0.2) is 0 Å². The minimum absolute atomic E-state index is 0.0216. The fourth-order valence-electron chi connectivity index (χ4n) is 1.35. The highest BCUT2D eigenvalue weighted by atomic mass is 16.2. The first-order valence-corrected chi connectivity index (χ1v) is 5.49. The van der Waals surface area contributed by atoms with Gasteiger partial charge < -0.3 is 10.2 Å². The molecule has 0 saturated heterocycles. The van der Waals surface area contributed by atoms with Crippen molar-refractivity contribution in [2.45, 2.75) is 26.7 Å². The van der Waals surface area contributed by atoms with E-state index in [0.29, 0.717) is 13.0 Å². The molecule has 0 bridgehead atoms. The van der Waals surface area contributed by atoms with E-state index in [1.165, 1.54) is 11.9 Å². The summed E-state index contributed by atoms with van der Waals surface area (Å²) in [5.41, 5.74) is 0. The first-order valence-electron chi connectivity index (χ1n) is 5.49. The fourth-order valence-corrected chi connectivity index (χ4v) is 1.35. The second kappa shape index (κ2) is 7.69. The van der Waals surface area contributed by atoms with Crippen LogP contribution in [0.5, 0.6) is 0 Å². The van der Waals surface area contributed by atoms with Gasteiger partial charge in [-0.3, -0.25) is 9.59 Å². The number of likely N-dealkylation sites (N-methyl/N-ethyl adjacent to an activating group) is 2. The van der Waals surface area contributed by atoms with E-state index in [-0.39, 0.29) is 18.4 Å². The molecule has 90 valence electrons. The molecule has 0 saturated carbocycles. The lowest BCUT2D eigenvalue weighted by molar-refractivity contribution is -0.137. The van der Waals surface area contributed by atoms with Crippen molar-refractivity contribution < 1.29 is 9.59 Å². The van der Waals surface area contributed by atoms with Crippen molar-refractivity contribution in [2.75, 3.05) is 20.1 Å². The van der Waals surface area contributed by atoms with E-state index in [1.54, 1.807) is 6.92 Å². The first kappa shape index (κ1) is 14.4. The second-order valence-corrected chi connectivity index (χ2v) is 3.50. The van der Waals surface area contributed by atoms with Gasteiger partial charge in [0.15, 0.2) is 0 Å². The quantitative estimate of drug-likeness (QED) is 0.716. The Bertz CT molecular complexity index is 283. The maximum atomic E-state index is 11.9. The molecule has 0 aliphatic carbocycles. The molecule has 0 aliphatic rings. The Morgan fingerprint density at radius 1 is 1.44 bits per heavy atom. The Hall–Kier alpha value is -1.57. The maximum absolute atomic E-state index is 11.9. The van der Waals surface area contributed by atoms with Gasteiger partial charge in [-0.1, -0.05) is 13.3 Å². The Morgan fingerprint density at radius 3 is 2.44 bits per heavy atom. The SMILES string of the molecule is CCCC(C#N)C(=O)N(CC)CC(=O)NC. The Kier molecular flexibility index (Phi) is 6.93. The molecule has 0 aromatic rings. The topological polar surface area (TPSA) is 73.2 Å². The lowest BCUT2D eigenvalue weighted by Gasteiger charge is -2.22. The molecule has 0 radical (unpaired) electrons. The molecule has 0 aliphatic heterocycles. The van der Waals surface area contributed by atoms with Crippen LogP contribution in [0.15, 0.2) is 0 Å². The largest absolute Gasteiger partial charge is 0.358 e. The molecule has 16 heavy (non-hydrogen) atoms. The molecular weight excluding hydrogens is 206 g/mol. The van der Waals surface area contributed by atoms with E-state index in [2.05, 4.69) is 5.32 Å². The lowest BCUT2D eigenvalue weighted by Crippen LogP contribution is -2.42. The van der Waals surface area contributed by atoms with Crippen molar-refractivity contribution in [3.63, 3.8) is 0 Å². The summed E-state index contributed by atoms with van der Waals surface area (Å²) in [6, 6.07) is 1.99. The zero-order valence-corrected chi connectivity index (χ0v) is 10.1. The third-order valence-electron chi connectivity index (χ3n) is 2.34. The van der Waals surface area contributed by atoms with Crippen LogP contribution in [0.3, 0.4) is 0 Å². The number of carbonyl (C=O) groups is 2. The van der Waals surface area contributed by atoms with Gasteiger partial charge in [0.2, 0.25) is 11.8 Å². The molecule has 0 fully saturated rings. The summed E-state index contributed by atoms with van der Waals surface area (Å²) in [5.74, 6) is -1.10.